The van der Waals surface area contributed by atoms with Gasteiger partial charge in [0.05, 0.1) is 14.2 Å². The van der Waals surface area contributed by atoms with Crippen LogP contribution in [-0.4, -0.2) is 26.2 Å². The van der Waals surface area contributed by atoms with Crippen LogP contribution in [0.3, 0.4) is 0 Å². The van der Waals surface area contributed by atoms with Crippen molar-refractivity contribution in [3.05, 3.63) is 59.2 Å². The van der Waals surface area contributed by atoms with Gasteiger partial charge in [-0.05, 0) is 48.7 Å². The van der Waals surface area contributed by atoms with Crippen molar-refractivity contribution in [2.24, 2.45) is 5.73 Å². The van der Waals surface area contributed by atoms with Gasteiger partial charge >= 0.3 is 0 Å². The Hall–Kier alpha value is -2.24. The van der Waals surface area contributed by atoms with Gasteiger partial charge in [-0.15, -0.1) is 12.4 Å². The van der Waals surface area contributed by atoms with Crippen molar-refractivity contribution in [2.45, 2.75) is 25.9 Å². The van der Waals surface area contributed by atoms with E-state index in [-0.39, 0.29) is 24.4 Å². The Balaban J connectivity index is 0.00000312. The van der Waals surface area contributed by atoms with Gasteiger partial charge < -0.3 is 20.5 Å². The van der Waals surface area contributed by atoms with E-state index < -0.39 is 0 Å². The zero-order chi connectivity index (χ0) is 17.5. The molecule has 0 aromatic heterocycles. The summed E-state index contributed by atoms with van der Waals surface area (Å²) in [5, 5.41) is 3.01. The second kappa shape index (κ2) is 9.91. The van der Waals surface area contributed by atoms with E-state index >= 15 is 0 Å². The molecule has 0 saturated carbocycles. The summed E-state index contributed by atoms with van der Waals surface area (Å²) < 4.78 is 10.5. The van der Waals surface area contributed by atoms with Crippen molar-refractivity contribution in [2.75, 3.05) is 14.2 Å². The van der Waals surface area contributed by atoms with Gasteiger partial charge in [0, 0.05) is 18.2 Å². The average Bonchev–Trinajstić information content (AvgIpc) is 2.61. The molecule has 0 spiro atoms. The lowest BCUT2D eigenvalue weighted by molar-refractivity contribution is 0.0940. The summed E-state index contributed by atoms with van der Waals surface area (Å²) in [4.78, 5) is 12.3. The van der Waals surface area contributed by atoms with Crippen LogP contribution >= 0.6 is 12.4 Å². The first-order valence-corrected chi connectivity index (χ1v) is 7.88. The number of hydrogen-bond acceptors (Lipinski definition) is 4. The lowest BCUT2D eigenvalue weighted by Gasteiger charge is -2.15. The maximum atomic E-state index is 12.3. The molecule has 0 aliphatic carbocycles. The van der Waals surface area contributed by atoms with E-state index in [2.05, 4.69) is 5.32 Å². The summed E-state index contributed by atoms with van der Waals surface area (Å²) in [6, 6.07) is 13.1. The Morgan fingerprint density at radius 2 is 1.64 bits per heavy atom. The first-order valence-electron chi connectivity index (χ1n) is 7.88. The standard InChI is InChI=1S/C19H24N2O3.ClH/c1-13(10-15-6-9-17(23-2)18(11-15)24-3)21-19(22)16-7-4-14(12-20)5-8-16;/h4-9,11,13H,10,12,20H2,1-3H3,(H,21,22);1H. The maximum Gasteiger partial charge on any atom is 0.251 e. The molecule has 1 unspecified atom stereocenters. The average molecular weight is 365 g/mol. The Labute approximate surface area is 154 Å². The molecule has 1 amide bonds. The summed E-state index contributed by atoms with van der Waals surface area (Å²) in [5.74, 6) is 1.29. The highest BCUT2D eigenvalue weighted by molar-refractivity contribution is 5.94. The summed E-state index contributed by atoms with van der Waals surface area (Å²) in [7, 11) is 3.22. The number of hydrogen-bond donors (Lipinski definition) is 2. The molecule has 25 heavy (non-hydrogen) atoms. The third-order valence-electron chi connectivity index (χ3n) is 3.82. The molecule has 0 aliphatic rings. The molecule has 0 fully saturated rings. The molecule has 0 heterocycles. The van der Waals surface area contributed by atoms with Crippen molar-refractivity contribution in [1.29, 1.82) is 0 Å². The van der Waals surface area contributed by atoms with Crippen LogP contribution in [0.2, 0.25) is 0 Å². The molecule has 0 aliphatic heterocycles. The smallest absolute Gasteiger partial charge is 0.251 e. The number of methoxy groups -OCH3 is 2. The third kappa shape index (κ3) is 5.66. The molecular formula is C19H25ClN2O3. The molecule has 0 bridgehead atoms. The molecule has 136 valence electrons. The zero-order valence-electron chi connectivity index (χ0n) is 14.7. The molecule has 1 atom stereocenters. The van der Waals surface area contributed by atoms with Gasteiger partial charge in [-0.3, -0.25) is 4.79 Å². The largest absolute Gasteiger partial charge is 0.493 e. The fourth-order valence-corrected chi connectivity index (χ4v) is 2.51. The van der Waals surface area contributed by atoms with Crippen LogP contribution in [0.4, 0.5) is 0 Å². The Morgan fingerprint density at radius 3 is 2.20 bits per heavy atom. The number of amides is 1. The van der Waals surface area contributed by atoms with Gasteiger partial charge in [0.15, 0.2) is 11.5 Å². The minimum Gasteiger partial charge on any atom is -0.493 e. The lowest BCUT2D eigenvalue weighted by Crippen LogP contribution is -2.34. The highest BCUT2D eigenvalue weighted by Crippen LogP contribution is 2.27. The van der Waals surface area contributed by atoms with Crippen LogP contribution < -0.4 is 20.5 Å². The number of halogens is 1. The second-order valence-corrected chi connectivity index (χ2v) is 5.67. The van der Waals surface area contributed by atoms with Crippen molar-refractivity contribution >= 4 is 18.3 Å². The number of ether oxygens (including phenoxy) is 2. The highest BCUT2D eigenvalue weighted by atomic mass is 35.5. The zero-order valence-corrected chi connectivity index (χ0v) is 15.6. The van der Waals surface area contributed by atoms with E-state index in [0.717, 1.165) is 11.1 Å². The Morgan fingerprint density at radius 1 is 1.04 bits per heavy atom. The minimum atomic E-state index is -0.0912. The van der Waals surface area contributed by atoms with E-state index in [4.69, 9.17) is 15.2 Å². The normalized spacial score (nSPS) is 11.2. The Kier molecular flexibility index (Phi) is 8.25. The number of rotatable bonds is 7. The minimum absolute atomic E-state index is 0. The molecule has 2 aromatic rings. The third-order valence-corrected chi connectivity index (χ3v) is 3.82. The summed E-state index contributed by atoms with van der Waals surface area (Å²) in [5.41, 5.74) is 8.27. The van der Waals surface area contributed by atoms with Gasteiger partial charge in [-0.2, -0.15) is 0 Å². The van der Waals surface area contributed by atoms with Crippen LogP contribution in [-0.2, 0) is 13.0 Å². The molecule has 0 saturated heterocycles. The number of benzene rings is 2. The predicted octanol–water partition coefficient (Wildman–Crippen LogP) is 2.95. The van der Waals surface area contributed by atoms with Crippen LogP contribution in [0.5, 0.6) is 11.5 Å². The summed E-state index contributed by atoms with van der Waals surface area (Å²) in [6.07, 6.45) is 0.701. The van der Waals surface area contributed by atoms with E-state index in [9.17, 15) is 4.79 Å². The number of nitrogens with one attached hydrogen (secondary N) is 1. The molecule has 0 radical (unpaired) electrons. The molecular weight excluding hydrogens is 340 g/mol. The Bertz CT molecular complexity index is 690. The van der Waals surface area contributed by atoms with E-state index in [1.54, 1.807) is 26.4 Å². The maximum absolute atomic E-state index is 12.3. The molecule has 5 nitrogen and oxygen atoms in total. The molecule has 3 N–H and O–H groups in total. The van der Waals surface area contributed by atoms with Crippen molar-refractivity contribution in [3.8, 4) is 11.5 Å². The van der Waals surface area contributed by atoms with Gasteiger partial charge in [0.1, 0.15) is 0 Å². The van der Waals surface area contributed by atoms with E-state index in [1.165, 1.54) is 0 Å². The lowest BCUT2D eigenvalue weighted by atomic mass is 10.1. The quantitative estimate of drug-likeness (QED) is 0.792. The molecule has 2 rings (SSSR count). The summed E-state index contributed by atoms with van der Waals surface area (Å²) >= 11 is 0. The van der Waals surface area contributed by atoms with Gasteiger partial charge in [-0.1, -0.05) is 18.2 Å². The van der Waals surface area contributed by atoms with Gasteiger partial charge in [-0.25, -0.2) is 0 Å². The second-order valence-electron chi connectivity index (χ2n) is 5.67. The topological polar surface area (TPSA) is 73.6 Å². The van der Waals surface area contributed by atoms with E-state index in [0.29, 0.717) is 30.0 Å². The van der Waals surface area contributed by atoms with Crippen molar-refractivity contribution < 1.29 is 14.3 Å². The monoisotopic (exact) mass is 364 g/mol. The predicted molar refractivity (Wildman–Crippen MR) is 102 cm³/mol. The SMILES string of the molecule is COc1ccc(CC(C)NC(=O)c2ccc(CN)cc2)cc1OC.Cl. The fraction of sp³-hybridized carbons (Fsp3) is 0.316. The number of carbonyl (C=O) groups excluding carboxylic acids is 1. The number of nitrogens with two attached hydrogens (primary N) is 1. The van der Waals surface area contributed by atoms with E-state index in [1.807, 2.05) is 37.3 Å². The highest BCUT2D eigenvalue weighted by Gasteiger charge is 2.12. The van der Waals surface area contributed by atoms with Crippen LogP contribution in [0.25, 0.3) is 0 Å². The van der Waals surface area contributed by atoms with Crippen LogP contribution in [0.1, 0.15) is 28.4 Å². The van der Waals surface area contributed by atoms with Gasteiger partial charge in [0.2, 0.25) is 0 Å². The van der Waals surface area contributed by atoms with Crippen molar-refractivity contribution in [1.82, 2.24) is 5.32 Å². The number of carbonyl (C=O) groups is 1. The van der Waals surface area contributed by atoms with Crippen molar-refractivity contribution in [3.63, 3.8) is 0 Å². The summed E-state index contributed by atoms with van der Waals surface area (Å²) in [6.45, 7) is 2.44. The fourth-order valence-electron chi connectivity index (χ4n) is 2.51. The molecule has 6 heteroatoms. The first-order chi connectivity index (χ1) is 11.6. The van der Waals surface area contributed by atoms with Crippen LogP contribution in [0.15, 0.2) is 42.5 Å². The van der Waals surface area contributed by atoms with Gasteiger partial charge in [0.25, 0.3) is 5.91 Å². The van der Waals surface area contributed by atoms with Crippen LogP contribution in [0, 0.1) is 0 Å². The first kappa shape index (κ1) is 20.8. The molecule has 2 aromatic carbocycles.